The van der Waals surface area contributed by atoms with Crippen LogP contribution in [0.1, 0.15) is 47.0 Å². The van der Waals surface area contributed by atoms with Gasteiger partial charge in [0.25, 0.3) is 0 Å². The van der Waals surface area contributed by atoms with Crippen molar-refractivity contribution in [3.05, 3.63) is 0 Å². The van der Waals surface area contributed by atoms with Crippen LogP contribution in [0.15, 0.2) is 0 Å². The zero-order valence-electron chi connectivity index (χ0n) is 12.7. The second-order valence-corrected chi connectivity index (χ2v) is 6.31. The van der Waals surface area contributed by atoms with Gasteiger partial charge in [-0.1, -0.05) is 0 Å². The molecule has 1 amide bonds. The largest absolute Gasteiger partial charge is 0.444 e. The molecule has 112 valence electrons. The first-order valence-electron chi connectivity index (χ1n) is 7.30. The fourth-order valence-corrected chi connectivity index (χ4v) is 2.11. The number of hydrogen-bond acceptors (Lipinski definition) is 4. The second kappa shape index (κ2) is 7.70. The lowest BCUT2D eigenvalue weighted by atomic mass is 10.1. The summed E-state index contributed by atoms with van der Waals surface area (Å²) in [7, 11) is 0. The first-order chi connectivity index (χ1) is 8.87. The van der Waals surface area contributed by atoms with E-state index in [0.717, 1.165) is 26.1 Å². The third-order valence-electron chi connectivity index (χ3n) is 3.11. The Morgan fingerprint density at radius 3 is 2.58 bits per heavy atom. The fraction of sp³-hybridized carbons (Fsp3) is 0.929. The molecule has 1 unspecified atom stereocenters. The van der Waals surface area contributed by atoms with Gasteiger partial charge in [0, 0.05) is 12.1 Å². The van der Waals surface area contributed by atoms with Crippen LogP contribution in [0.3, 0.4) is 0 Å². The maximum atomic E-state index is 11.6. The Balaban J connectivity index is 2.10. The van der Waals surface area contributed by atoms with Crippen molar-refractivity contribution in [1.29, 1.82) is 0 Å². The highest BCUT2D eigenvalue weighted by atomic mass is 16.6. The van der Waals surface area contributed by atoms with Crippen LogP contribution in [0.4, 0.5) is 4.79 Å². The van der Waals surface area contributed by atoms with Crippen molar-refractivity contribution in [1.82, 2.24) is 16.0 Å². The summed E-state index contributed by atoms with van der Waals surface area (Å²) >= 11 is 0. The number of hydrogen-bond donors (Lipinski definition) is 3. The summed E-state index contributed by atoms with van der Waals surface area (Å²) < 4.78 is 5.23. The van der Waals surface area contributed by atoms with Crippen molar-refractivity contribution in [3.8, 4) is 0 Å². The van der Waals surface area contributed by atoms with Crippen LogP contribution in [-0.2, 0) is 4.74 Å². The summed E-state index contributed by atoms with van der Waals surface area (Å²) in [5.41, 5.74) is -0.433. The van der Waals surface area contributed by atoms with Gasteiger partial charge < -0.3 is 20.7 Å². The molecule has 0 saturated carbocycles. The molecule has 19 heavy (non-hydrogen) atoms. The van der Waals surface area contributed by atoms with Crippen molar-refractivity contribution in [2.24, 2.45) is 0 Å². The Bertz CT molecular complexity index is 270. The molecule has 0 aromatic carbocycles. The van der Waals surface area contributed by atoms with E-state index in [1.165, 1.54) is 12.8 Å². The van der Waals surface area contributed by atoms with Gasteiger partial charge in [0.1, 0.15) is 5.60 Å². The van der Waals surface area contributed by atoms with E-state index in [4.69, 9.17) is 4.74 Å². The number of carbonyl (C=O) groups is 1. The molecule has 0 bridgehead atoms. The number of alkyl carbamates (subject to hydrolysis) is 1. The van der Waals surface area contributed by atoms with Crippen molar-refractivity contribution in [3.63, 3.8) is 0 Å². The maximum absolute atomic E-state index is 11.6. The van der Waals surface area contributed by atoms with E-state index in [2.05, 4.69) is 16.0 Å². The minimum absolute atomic E-state index is 0.129. The second-order valence-electron chi connectivity index (χ2n) is 6.31. The summed E-state index contributed by atoms with van der Waals surface area (Å²) in [6.45, 7) is 10.8. The van der Waals surface area contributed by atoms with E-state index in [-0.39, 0.29) is 12.1 Å². The Morgan fingerprint density at radius 1 is 1.37 bits per heavy atom. The predicted molar refractivity (Wildman–Crippen MR) is 77.3 cm³/mol. The zero-order valence-corrected chi connectivity index (χ0v) is 12.7. The molecule has 0 spiro atoms. The molecule has 1 fully saturated rings. The molecule has 1 aliphatic heterocycles. The van der Waals surface area contributed by atoms with Gasteiger partial charge in [0.15, 0.2) is 0 Å². The van der Waals surface area contributed by atoms with Crippen molar-refractivity contribution in [2.75, 3.05) is 19.6 Å². The third kappa shape index (κ3) is 8.06. The Labute approximate surface area is 116 Å². The first-order valence-corrected chi connectivity index (χ1v) is 7.30. The van der Waals surface area contributed by atoms with Crippen LogP contribution in [-0.4, -0.2) is 43.4 Å². The molecule has 0 aromatic rings. The number of carbonyl (C=O) groups excluding carboxylic acids is 1. The lowest BCUT2D eigenvalue weighted by molar-refractivity contribution is 0.0506. The minimum Gasteiger partial charge on any atom is -0.444 e. The van der Waals surface area contributed by atoms with Gasteiger partial charge in [-0.05, 0) is 66.6 Å². The number of amides is 1. The van der Waals surface area contributed by atoms with E-state index in [1.807, 2.05) is 27.7 Å². The summed E-state index contributed by atoms with van der Waals surface area (Å²) in [5, 5.41) is 9.75. The monoisotopic (exact) mass is 271 g/mol. The maximum Gasteiger partial charge on any atom is 0.407 e. The smallest absolute Gasteiger partial charge is 0.407 e. The highest BCUT2D eigenvalue weighted by Crippen LogP contribution is 2.07. The molecule has 3 N–H and O–H groups in total. The fourth-order valence-electron chi connectivity index (χ4n) is 2.11. The van der Waals surface area contributed by atoms with Crippen LogP contribution in [0.25, 0.3) is 0 Å². The highest BCUT2D eigenvalue weighted by molar-refractivity contribution is 5.67. The molecule has 1 heterocycles. The molecule has 1 rings (SSSR count). The van der Waals surface area contributed by atoms with Gasteiger partial charge in [0.2, 0.25) is 0 Å². The molecule has 1 saturated heterocycles. The van der Waals surface area contributed by atoms with Crippen molar-refractivity contribution >= 4 is 6.09 Å². The van der Waals surface area contributed by atoms with Gasteiger partial charge in [0.05, 0.1) is 0 Å². The van der Waals surface area contributed by atoms with Crippen molar-refractivity contribution < 1.29 is 9.53 Å². The minimum atomic E-state index is -0.433. The first kappa shape index (κ1) is 16.2. The predicted octanol–water partition coefficient (Wildman–Crippen LogP) is 1.63. The topological polar surface area (TPSA) is 62.4 Å². The number of piperidine rings is 1. The van der Waals surface area contributed by atoms with Gasteiger partial charge >= 0.3 is 6.09 Å². The van der Waals surface area contributed by atoms with E-state index >= 15 is 0 Å². The number of nitrogens with one attached hydrogen (secondary N) is 3. The van der Waals surface area contributed by atoms with Crippen LogP contribution >= 0.6 is 0 Å². The average Bonchev–Trinajstić information content (AvgIpc) is 2.27. The molecule has 5 nitrogen and oxygen atoms in total. The molecule has 0 aliphatic carbocycles. The Kier molecular flexibility index (Phi) is 6.58. The number of rotatable bonds is 5. The SMILES string of the molecule is CC(CCNC1CCNCC1)NC(=O)OC(C)(C)C. The molecule has 0 aromatic heterocycles. The molecule has 1 atom stereocenters. The van der Waals surface area contributed by atoms with Gasteiger partial charge in [-0.25, -0.2) is 4.79 Å². The van der Waals surface area contributed by atoms with Crippen LogP contribution < -0.4 is 16.0 Å². The van der Waals surface area contributed by atoms with Crippen LogP contribution in [0.2, 0.25) is 0 Å². The van der Waals surface area contributed by atoms with Gasteiger partial charge in [-0.15, -0.1) is 0 Å². The van der Waals surface area contributed by atoms with E-state index in [1.54, 1.807) is 0 Å². The summed E-state index contributed by atoms with van der Waals surface area (Å²) in [5.74, 6) is 0. The normalized spacial score (nSPS) is 18.9. The summed E-state index contributed by atoms with van der Waals surface area (Å²) in [6, 6.07) is 0.749. The molecule has 0 radical (unpaired) electrons. The number of ether oxygens (including phenoxy) is 1. The van der Waals surface area contributed by atoms with Crippen LogP contribution in [0.5, 0.6) is 0 Å². The summed E-state index contributed by atoms with van der Waals surface area (Å²) in [6.07, 6.45) is 2.96. The van der Waals surface area contributed by atoms with E-state index in [0.29, 0.717) is 6.04 Å². The molecule has 5 heteroatoms. The average molecular weight is 271 g/mol. The van der Waals surface area contributed by atoms with Crippen LogP contribution in [0, 0.1) is 0 Å². The third-order valence-corrected chi connectivity index (χ3v) is 3.11. The van der Waals surface area contributed by atoms with E-state index < -0.39 is 5.60 Å². The van der Waals surface area contributed by atoms with E-state index in [9.17, 15) is 4.79 Å². The molecular formula is C14H29N3O2. The molecular weight excluding hydrogens is 242 g/mol. The lowest BCUT2D eigenvalue weighted by Gasteiger charge is -2.25. The molecule has 1 aliphatic rings. The standard InChI is InChI=1S/C14H29N3O2/c1-11(17-13(18)19-14(2,3)4)5-10-16-12-6-8-15-9-7-12/h11-12,15-16H,5-10H2,1-4H3,(H,17,18). The van der Waals surface area contributed by atoms with Gasteiger partial charge in [-0.3, -0.25) is 0 Å². The van der Waals surface area contributed by atoms with Crippen molar-refractivity contribution in [2.45, 2.75) is 64.6 Å². The Morgan fingerprint density at radius 2 is 2.00 bits per heavy atom. The Hall–Kier alpha value is -0.810. The summed E-state index contributed by atoms with van der Waals surface area (Å²) in [4.78, 5) is 11.6. The lowest BCUT2D eigenvalue weighted by Crippen LogP contribution is -2.42. The zero-order chi connectivity index (χ0) is 14.3. The van der Waals surface area contributed by atoms with Gasteiger partial charge in [-0.2, -0.15) is 0 Å². The quantitative estimate of drug-likeness (QED) is 0.711. The highest BCUT2D eigenvalue weighted by Gasteiger charge is 2.18.